The molecule has 0 saturated heterocycles. The lowest BCUT2D eigenvalue weighted by molar-refractivity contribution is 0.602. The van der Waals surface area contributed by atoms with Gasteiger partial charge in [0.15, 0.2) is 0 Å². The van der Waals surface area contributed by atoms with Gasteiger partial charge in [0.25, 0.3) is 0 Å². The normalized spacial score (nSPS) is 10.9. The van der Waals surface area contributed by atoms with Gasteiger partial charge in [0.05, 0.1) is 0 Å². The summed E-state index contributed by atoms with van der Waals surface area (Å²) in [5, 5.41) is 0. The van der Waals surface area contributed by atoms with Gasteiger partial charge >= 0.3 is 0 Å². The van der Waals surface area contributed by atoms with Crippen molar-refractivity contribution in [2.75, 3.05) is 5.73 Å². The van der Waals surface area contributed by atoms with Crippen molar-refractivity contribution in [3.8, 4) is 0 Å². The van der Waals surface area contributed by atoms with Crippen molar-refractivity contribution in [2.45, 2.75) is 26.7 Å². The highest BCUT2D eigenvalue weighted by Crippen LogP contribution is 2.17. The molecule has 0 aliphatic rings. The van der Waals surface area contributed by atoms with Crippen LogP contribution in [-0.2, 0) is 12.8 Å². The van der Waals surface area contributed by atoms with Gasteiger partial charge in [-0.15, -0.1) is 0 Å². The van der Waals surface area contributed by atoms with E-state index in [1.807, 2.05) is 18.2 Å². The zero-order valence-electron chi connectivity index (χ0n) is 11.4. The van der Waals surface area contributed by atoms with Gasteiger partial charge in [-0.2, -0.15) is 0 Å². The van der Waals surface area contributed by atoms with E-state index >= 15 is 0 Å². The molecule has 0 bridgehead atoms. The number of rotatable bonds is 4. The number of hydrogen-bond acceptors (Lipinski definition) is 2. The fraction of sp³-hybridized carbons (Fsp3) is 0.312. The molecule has 100 valence electrons. The molecule has 0 aliphatic heterocycles. The molecule has 2 aromatic rings. The lowest BCUT2D eigenvalue weighted by Crippen LogP contribution is -1.99. The van der Waals surface area contributed by atoms with E-state index in [0.717, 1.165) is 17.5 Å². The fourth-order valence-corrected chi connectivity index (χ4v) is 2.16. The van der Waals surface area contributed by atoms with Gasteiger partial charge in [0, 0.05) is 12.6 Å². The topological polar surface area (TPSA) is 38.9 Å². The third-order valence-corrected chi connectivity index (χ3v) is 3.00. The predicted molar refractivity (Wildman–Crippen MR) is 76.4 cm³/mol. The minimum absolute atomic E-state index is 0.145. The lowest BCUT2D eigenvalue weighted by Gasteiger charge is -2.08. The zero-order chi connectivity index (χ0) is 13.8. The van der Waals surface area contributed by atoms with Gasteiger partial charge in [0.2, 0.25) is 0 Å². The molecule has 2 rings (SSSR count). The van der Waals surface area contributed by atoms with Crippen molar-refractivity contribution < 1.29 is 4.39 Å². The van der Waals surface area contributed by atoms with E-state index in [1.165, 1.54) is 0 Å². The molecule has 0 saturated carbocycles. The number of benzene rings is 1. The van der Waals surface area contributed by atoms with Crippen LogP contribution in [0, 0.1) is 11.7 Å². The predicted octanol–water partition coefficient (Wildman–Crippen LogP) is 3.59. The largest absolute Gasteiger partial charge is 0.384 e. The van der Waals surface area contributed by atoms with E-state index < -0.39 is 0 Å². The van der Waals surface area contributed by atoms with Gasteiger partial charge < -0.3 is 5.73 Å². The monoisotopic (exact) mass is 258 g/mol. The third-order valence-electron chi connectivity index (χ3n) is 3.00. The number of nitrogens with zero attached hydrogens (tertiary/aromatic N) is 1. The molecule has 0 spiro atoms. The van der Waals surface area contributed by atoms with Crippen LogP contribution in [0.3, 0.4) is 0 Å². The van der Waals surface area contributed by atoms with Crippen LogP contribution in [0.5, 0.6) is 0 Å². The Balaban J connectivity index is 2.17. The number of hydrogen-bond donors (Lipinski definition) is 1. The van der Waals surface area contributed by atoms with Crippen molar-refractivity contribution in [3.63, 3.8) is 0 Å². The molecule has 0 fully saturated rings. The lowest BCUT2D eigenvalue weighted by atomic mass is 9.99. The molecule has 3 heteroatoms. The van der Waals surface area contributed by atoms with E-state index in [9.17, 15) is 4.39 Å². The van der Waals surface area contributed by atoms with Gasteiger partial charge in [-0.25, -0.2) is 9.37 Å². The summed E-state index contributed by atoms with van der Waals surface area (Å²) in [5.41, 5.74) is 8.34. The maximum absolute atomic E-state index is 14.0. The van der Waals surface area contributed by atoms with Gasteiger partial charge in [-0.1, -0.05) is 26.0 Å². The number of nitrogens with two attached hydrogens (primary N) is 1. The molecule has 2 N–H and O–H groups in total. The Morgan fingerprint density at radius 2 is 1.95 bits per heavy atom. The van der Waals surface area contributed by atoms with Crippen molar-refractivity contribution in [1.29, 1.82) is 0 Å². The van der Waals surface area contributed by atoms with Crippen LogP contribution >= 0.6 is 0 Å². The summed E-state index contributed by atoms with van der Waals surface area (Å²) in [4.78, 5) is 3.93. The summed E-state index contributed by atoms with van der Waals surface area (Å²) in [6.07, 6.45) is 3.09. The van der Waals surface area contributed by atoms with Crippen molar-refractivity contribution in [2.24, 2.45) is 5.92 Å². The minimum Gasteiger partial charge on any atom is -0.384 e. The molecule has 1 aromatic carbocycles. The van der Waals surface area contributed by atoms with E-state index in [4.69, 9.17) is 5.73 Å². The Labute approximate surface area is 113 Å². The van der Waals surface area contributed by atoms with Crippen LogP contribution in [0.15, 0.2) is 36.5 Å². The first-order chi connectivity index (χ1) is 9.04. The number of nitrogen functional groups attached to an aromatic ring is 1. The highest BCUT2D eigenvalue weighted by Gasteiger charge is 2.06. The van der Waals surface area contributed by atoms with E-state index in [0.29, 0.717) is 23.7 Å². The first-order valence-corrected chi connectivity index (χ1v) is 6.52. The van der Waals surface area contributed by atoms with Crippen molar-refractivity contribution >= 4 is 5.82 Å². The molecule has 0 atom stereocenters. The van der Waals surface area contributed by atoms with Crippen LogP contribution in [-0.4, -0.2) is 4.98 Å². The van der Waals surface area contributed by atoms with Gasteiger partial charge in [-0.3, -0.25) is 0 Å². The van der Waals surface area contributed by atoms with Crippen molar-refractivity contribution in [3.05, 3.63) is 59.0 Å². The quantitative estimate of drug-likeness (QED) is 0.910. The molecule has 0 unspecified atom stereocenters. The standard InChI is InChI=1S/C16H19FN2/c1-11(2)7-12-3-4-14(15(17)9-12)8-13-5-6-19-16(18)10-13/h3-6,9-11H,7-8H2,1-2H3,(H2,18,19). The molecule has 0 aliphatic carbocycles. The highest BCUT2D eigenvalue weighted by atomic mass is 19.1. The summed E-state index contributed by atoms with van der Waals surface area (Å²) < 4.78 is 14.0. The number of halogens is 1. The number of pyridine rings is 1. The molecular weight excluding hydrogens is 239 g/mol. The van der Waals surface area contributed by atoms with Crippen LogP contribution in [0.4, 0.5) is 10.2 Å². The van der Waals surface area contributed by atoms with Crippen LogP contribution in [0.2, 0.25) is 0 Å². The number of aromatic nitrogens is 1. The molecular formula is C16H19FN2. The van der Waals surface area contributed by atoms with Crippen molar-refractivity contribution in [1.82, 2.24) is 4.98 Å². The summed E-state index contributed by atoms with van der Waals surface area (Å²) in [7, 11) is 0. The van der Waals surface area contributed by atoms with E-state index in [2.05, 4.69) is 18.8 Å². The Morgan fingerprint density at radius 3 is 2.58 bits per heavy atom. The van der Waals surface area contributed by atoms with Crippen LogP contribution in [0.25, 0.3) is 0 Å². The second-order valence-corrected chi connectivity index (χ2v) is 5.29. The Bertz CT molecular complexity index is 564. The summed E-state index contributed by atoms with van der Waals surface area (Å²) in [6, 6.07) is 9.14. The smallest absolute Gasteiger partial charge is 0.127 e. The van der Waals surface area contributed by atoms with Crippen LogP contribution < -0.4 is 5.73 Å². The maximum atomic E-state index is 14.0. The second-order valence-electron chi connectivity index (χ2n) is 5.29. The highest BCUT2D eigenvalue weighted by molar-refractivity contribution is 5.36. The van der Waals surface area contributed by atoms with E-state index in [-0.39, 0.29) is 5.82 Å². The number of anilines is 1. The maximum Gasteiger partial charge on any atom is 0.127 e. The Morgan fingerprint density at radius 1 is 1.16 bits per heavy atom. The first kappa shape index (κ1) is 13.5. The average Bonchev–Trinajstić information content (AvgIpc) is 2.32. The average molecular weight is 258 g/mol. The molecule has 1 aromatic heterocycles. The summed E-state index contributed by atoms with van der Waals surface area (Å²) in [5.74, 6) is 0.855. The SMILES string of the molecule is CC(C)Cc1ccc(Cc2ccnc(N)c2)c(F)c1. The summed E-state index contributed by atoms with van der Waals surface area (Å²) >= 11 is 0. The van der Waals surface area contributed by atoms with Gasteiger partial charge in [0.1, 0.15) is 11.6 Å². The third kappa shape index (κ3) is 3.78. The molecule has 0 radical (unpaired) electrons. The van der Waals surface area contributed by atoms with E-state index in [1.54, 1.807) is 18.3 Å². The Kier molecular flexibility index (Phi) is 4.15. The molecule has 1 heterocycles. The minimum atomic E-state index is -0.145. The molecule has 19 heavy (non-hydrogen) atoms. The van der Waals surface area contributed by atoms with Gasteiger partial charge in [-0.05, 0) is 47.2 Å². The molecule has 2 nitrogen and oxygen atoms in total. The zero-order valence-corrected chi connectivity index (χ0v) is 11.4. The second kappa shape index (κ2) is 5.83. The molecule has 0 amide bonds. The summed E-state index contributed by atoms with van der Waals surface area (Å²) in [6.45, 7) is 4.26. The Hall–Kier alpha value is -1.90. The fourth-order valence-electron chi connectivity index (χ4n) is 2.16. The van der Waals surface area contributed by atoms with Crippen LogP contribution in [0.1, 0.15) is 30.5 Å². The first-order valence-electron chi connectivity index (χ1n) is 6.52.